The third-order valence-corrected chi connectivity index (χ3v) is 2.74. The molecule has 0 aromatic heterocycles. The standard InChI is InChI=1S/C13H11ClFN3O/c14-7-1-4-10(15)12(5-7)18-11-6-8(16)2-3-9(11)13(17)19/h1-6,18H,16H2,(H2,17,19). The van der Waals surface area contributed by atoms with E-state index >= 15 is 0 Å². The average Bonchev–Trinajstić information content (AvgIpc) is 2.33. The number of benzene rings is 2. The predicted molar refractivity (Wildman–Crippen MR) is 74.1 cm³/mol. The van der Waals surface area contributed by atoms with Crippen molar-refractivity contribution in [1.82, 2.24) is 0 Å². The van der Waals surface area contributed by atoms with Gasteiger partial charge in [0.25, 0.3) is 5.91 Å². The summed E-state index contributed by atoms with van der Waals surface area (Å²) in [5.41, 5.74) is 12.0. The molecule has 0 aliphatic rings. The topological polar surface area (TPSA) is 81.1 Å². The van der Waals surface area contributed by atoms with E-state index in [1.54, 1.807) is 6.07 Å². The molecule has 0 unspecified atom stereocenters. The van der Waals surface area contributed by atoms with Crippen LogP contribution >= 0.6 is 11.6 Å². The number of hydrogen-bond acceptors (Lipinski definition) is 3. The number of primary amides is 1. The van der Waals surface area contributed by atoms with Gasteiger partial charge in [0.1, 0.15) is 5.82 Å². The van der Waals surface area contributed by atoms with Crippen molar-refractivity contribution in [3.63, 3.8) is 0 Å². The molecule has 6 heteroatoms. The lowest BCUT2D eigenvalue weighted by atomic mass is 10.1. The van der Waals surface area contributed by atoms with Gasteiger partial charge in [0.15, 0.2) is 0 Å². The maximum atomic E-state index is 13.6. The molecule has 1 amide bonds. The number of carbonyl (C=O) groups excluding carboxylic acids is 1. The molecule has 0 aliphatic carbocycles. The zero-order valence-corrected chi connectivity index (χ0v) is 10.5. The first-order chi connectivity index (χ1) is 8.97. The molecule has 0 bridgehead atoms. The van der Waals surface area contributed by atoms with Gasteiger partial charge in [0.2, 0.25) is 0 Å². The van der Waals surface area contributed by atoms with Crippen LogP contribution in [0.25, 0.3) is 0 Å². The largest absolute Gasteiger partial charge is 0.399 e. The van der Waals surface area contributed by atoms with Crippen LogP contribution in [0.1, 0.15) is 10.4 Å². The molecule has 0 heterocycles. The number of amides is 1. The maximum absolute atomic E-state index is 13.6. The number of halogens is 2. The van der Waals surface area contributed by atoms with Crippen LogP contribution in [-0.4, -0.2) is 5.91 Å². The molecule has 0 spiro atoms. The van der Waals surface area contributed by atoms with E-state index in [2.05, 4.69) is 5.32 Å². The van der Waals surface area contributed by atoms with Gasteiger partial charge in [-0.1, -0.05) is 11.6 Å². The molecule has 4 nitrogen and oxygen atoms in total. The summed E-state index contributed by atoms with van der Waals surface area (Å²) in [5, 5.41) is 3.13. The molecule has 0 radical (unpaired) electrons. The van der Waals surface area contributed by atoms with Crippen molar-refractivity contribution in [1.29, 1.82) is 0 Å². The van der Waals surface area contributed by atoms with Crippen molar-refractivity contribution >= 4 is 34.6 Å². The molecule has 2 rings (SSSR count). The van der Waals surface area contributed by atoms with E-state index in [4.69, 9.17) is 23.1 Å². The second-order valence-corrected chi connectivity index (χ2v) is 4.35. The van der Waals surface area contributed by atoms with Crippen LogP contribution in [0, 0.1) is 5.82 Å². The minimum absolute atomic E-state index is 0.139. The highest BCUT2D eigenvalue weighted by molar-refractivity contribution is 6.30. The first-order valence-electron chi connectivity index (χ1n) is 5.39. The molecular formula is C13H11ClFN3O. The fourth-order valence-electron chi connectivity index (χ4n) is 1.62. The molecule has 0 saturated heterocycles. The van der Waals surface area contributed by atoms with E-state index in [1.165, 1.54) is 30.3 Å². The minimum atomic E-state index is -0.634. The number of carbonyl (C=O) groups is 1. The van der Waals surface area contributed by atoms with E-state index in [1.807, 2.05) is 0 Å². The summed E-state index contributed by atoms with van der Waals surface area (Å²) < 4.78 is 13.6. The molecule has 5 N–H and O–H groups in total. The second kappa shape index (κ2) is 5.16. The highest BCUT2D eigenvalue weighted by atomic mass is 35.5. The Balaban J connectivity index is 2.45. The molecule has 2 aromatic rings. The van der Waals surface area contributed by atoms with Crippen molar-refractivity contribution in [3.05, 3.63) is 52.8 Å². The van der Waals surface area contributed by atoms with Crippen molar-refractivity contribution in [2.24, 2.45) is 5.73 Å². The SMILES string of the molecule is NC(=O)c1ccc(N)cc1Nc1cc(Cl)ccc1F. The molecular weight excluding hydrogens is 269 g/mol. The summed E-state index contributed by atoms with van der Waals surface area (Å²) in [6.07, 6.45) is 0. The Hall–Kier alpha value is -2.27. The van der Waals surface area contributed by atoms with Gasteiger partial charge < -0.3 is 16.8 Å². The molecule has 98 valence electrons. The van der Waals surface area contributed by atoms with Crippen LogP contribution in [0.3, 0.4) is 0 Å². The normalized spacial score (nSPS) is 10.2. The fourth-order valence-corrected chi connectivity index (χ4v) is 1.79. The molecule has 0 atom stereocenters. The van der Waals surface area contributed by atoms with Crippen molar-refractivity contribution in [2.45, 2.75) is 0 Å². The predicted octanol–water partition coefficient (Wildman–Crippen LogP) is 2.90. The number of nitrogens with one attached hydrogen (secondary N) is 1. The van der Waals surface area contributed by atoms with Crippen molar-refractivity contribution in [3.8, 4) is 0 Å². The van der Waals surface area contributed by atoms with Crippen LogP contribution in [0.2, 0.25) is 5.02 Å². The third-order valence-electron chi connectivity index (χ3n) is 2.51. The number of nitrogen functional groups attached to an aromatic ring is 1. The molecule has 0 saturated carbocycles. The summed E-state index contributed by atoms with van der Waals surface area (Å²) in [4.78, 5) is 11.3. The van der Waals surface area contributed by atoms with Crippen LogP contribution in [0.15, 0.2) is 36.4 Å². The van der Waals surface area contributed by atoms with Crippen LogP contribution in [0.4, 0.5) is 21.5 Å². The number of hydrogen-bond donors (Lipinski definition) is 3. The first-order valence-corrected chi connectivity index (χ1v) is 5.76. The van der Waals surface area contributed by atoms with Crippen molar-refractivity contribution < 1.29 is 9.18 Å². The lowest BCUT2D eigenvalue weighted by molar-refractivity contribution is 0.100. The van der Waals surface area contributed by atoms with Crippen LogP contribution < -0.4 is 16.8 Å². The van der Waals surface area contributed by atoms with Gasteiger partial charge in [0.05, 0.1) is 16.9 Å². The smallest absolute Gasteiger partial charge is 0.250 e. The van der Waals surface area contributed by atoms with E-state index in [0.29, 0.717) is 16.4 Å². The Morgan fingerprint density at radius 3 is 2.58 bits per heavy atom. The van der Waals surface area contributed by atoms with Gasteiger partial charge >= 0.3 is 0 Å². The van der Waals surface area contributed by atoms with Crippen LogP contribution in [0.5, 0.6) is 0 Å². The molecule has 0 aliphatic heterocycles. The summed E-state index contributed by atoms with van der Waals surface area (Å²) in [6.45, 7) is 0. The maximum Gasteiger partial charge on any atom is 0.250 e. The average molecular weight is 280 g/mol. The number of nitrogens with two attached hydrogens (primary N) is 2. The highest BCUT2D eigenvalue weighted by Crippen LogP contribution is 2.27. The zero-order chi connectivity index (χ0) is 14.0. The Labute approximate surface area is 114 Å². The summed E-state index contributed by atoms with van der Waals surface area (Å²) in [5.74, 6) is -1.13. The molecule has 2 aromatic carbocycles. The van der Waals surface area contributed by atoms with Gasteiger partial charge in [0, 0.05) is 10.7 Å². The lowest BCUT2D eigenvalue weighted by Gasteiger charge is -2.12. The van der Waals surface area contributed by atoms with E-state index in [9.17, 15) is 9.18 Å². The molecule has 0 fully saturated rings. The lowest BCUT2D eigenvalue weighted by Crippen LogP contribution is -2.13. The minimum Gasteiger partial charge on any atom is -0.399 e. The fraction of sp³-hybridized carbons (Fsp3) is 0. The molecule has 19 heavy (non-hydrogen) atoms. The summed E-state index contributed by atoms with van der Waals surface area (Å²) >= 11 is 5.79. The number of rotatable bonds is 3. The van der Waals surface area contributed by atoms with Gasteiger partial charge in [-0.25, -0.2) is 4.39 Å². The van der Waals surface area contributed by atoms with Gasteiger partial charge in [-0.05, 0) is 36.4 Å². The number of anilines is 3. The van der Waals surface area contributed by atoms with Gasteiger partial charge in [-0.15, -0.1) is 0 Å². The van der Waals surface area contributed by atoms with E-state index in [0.717, 1.165) is 0 Å². The third kappa shape index (κ3) is 2.95. The van der Waals surface area contributed by atoms with Crippen molar-refractivity contribution in [2.75, 3.05) is 11.1 Å². The zero-order valence-electron chi connectivity index (χ0n) is 9.78. The monoisotopic (exact) mass is 279 g/mol. The first kappa shape index (κ1) is 13.2. The Kier molecular flexibility index (Phi) is 3.57. The Morgan fingerprint density at radius 2 is 1.89 bits per heavy atom. The van der Waals surface area contributed by atoms with E-state index < -0.39 is 11.7 Å². The van der Waals surface area contributed by atoms with Gasteiger partial charge in [-0.2, -0.15) is 0 Å². The Bertz CT molecular complexity index is 646. The van der Waals surface area contributed by atoms with Crippen LogP contribution in [-0.2, 0) is 0 Å². The summed E-state index contributed by atoms with van der Waals surface area (Å²) in [7, 11) is 0. The highest BCUT2D eigenvalue weighted by Gasteiger charge is 2.11. The quantitative estimate of drug-likeness (QED) is 0.756. The second-order valence-electron chi connectivity index (χ2n) is 3.92. The van der Waals surface area contributed by atoms with E-state index in [-0.39, 0.29) is 11.3 Å². The Morgan fingerprint density at radius 1 is 1.16 bits per heavy atom. The summed E-state index contributed by atoms with van der Waals surface area (Å²) in [6, 6.07) is 8.57. The van der Waals surface area contributed by atoms with Gasteiger partial charge in [-0.3, -0.25) is 4.79 Å².